The van der Waals surface area contributed by atoms with Crippen molar-refractivity contribution in [2.75, 3.05) is 0 Å². The van der Waals surface area contributed by atoms with E-state index in [1.54, 1.807) is 41.5 Å². The summed E-state index contributed by atoms with van der Waals surface area (Å²) in [5.41, 5.74) is 6.53. The lowest BCUT2D eigenvalue weighted by molar-refractivity contribution is -0.121. The fourth-order valence-corrected chi connectivity index (χ4v) is 4.51. The average molecular weight is 403 g/mol. The van der Waals surface area contributed by atoms with E-state index in [4.69, 9.17) is 0 Å². The molecule has 11 heteroatoms. The molecule has 8 nitrogen and oxygen atoms in total. The first-order valence-electron chi connectivity index (χ1n) is 7.47. The molecular weight excluding hydrogens is 380 g/mol. The van der Waals surface area contributed by atoms with Gasteiger partial charge in [-0.05, 0) is 41.5 Å². The van der Waals surface area contributed by atoms with Crippen LogP contribution in [0.1, 0.15) is 41.5 Å². The Balaban J connectivity index is 2.55. The standard InChI is InChI=1S/C14H22N6O2S3/c1-7(2)15-17-11(21)9(5)23-13-19-20-14(25-13)24-10(6)12(22)18-16-8(3)4/h9-10H,1-6H3,(H,17,21)(H,18,22)/t9-,10-/m1/s1. The molecular formula is C14H22N6O2S3. The molecule has 2 N–H and O–H groups in total. The number of nitrogens with zero attached hydrogens (tertiary/aromatic N) is 4. The van der Waals surface area contributed by atoms with E-state index in [0.29, 0.717) is 8.68 Å². The molecule has 25 heavy (non-hydrogen) atoms. The van der Waals surface area contributed by atoms with Gasteiger partial charge in [-0.15, -0.1) is 10.2 Å². The van der Waals surface area contributed by atoms with E-state index in [1.165, 1.54) is 34.9 Å². The molecule has 1 heterocycles. The first-order chi connectivity index (χ1) is 11.7. The SMILES string of the molecule is CC(C)=NNC(=O)[C@@H](C)Sc1nnc(S[C@H](C)C(=O)NN=C(C)C)s1. The lowest BCUT2D eigenvalue weighted by Crippen LogP contribution is -2.27. The van der Waals surface area contributed by atoms with E-state index in [0.717, 1.165) is 11.4 Å². The Morgan fingerprint density at radius 3 is 1.56 bits per heavy atom. The number of amides is 2. The third-order valence-electron chi connectivity index (χ3n) is 2.46. The summed E-state index contributed by atoms with van der Waals surface area (Å²) in [5, 5.41) is 15.2. The fourth-order valence-electron chi connectivity index (χ4n) is 1.22. The van der Waals surface area contributed by atoms with E-state index in [1.807, 2.05) is 0 Å². The molecule has 0 aliphatic rings. The highest BCUT2D eigenvalue weighted by Gasteiger charge is 2.20. The van der Waals surface area contributed by atoms with Crippen molar-refractivity contribution in [3.63, 3.8) is 0 Å². The molecule has 0 saturated heterocycles. The van der Waals surface area contributed by atoms with Crippen LogP contribution in [-0.2, 0) is 9.59 Å². The van der Waals surface area contributed by atoms with E-state index in [2.05, 4.69) is 31.3 Å². The van der Waals surface area contributed by atoms with Gasteiger partial charge >= 0.3 is 0 Å². The summed E-state index contributed by atoms with van der Waals surface area (Å²) in [7, 11) is 0. The Bertz CT molecular complexity index is 611. The molecule has 2 amide bonds. The van der Waals surface area contributed by atoms with E-state index >= 15 is 0 Å². The summed E-state index contributed by atoms with van der Waals surface area (Å²) in [6.07, 6.45) is 0. The molecule has 138 valence electrons. The number of nitrogens with one attached hydrogen (secondary N) is 2. The lowest BCUT2D eigenvalue weighted by atomic mass is 10.4. The van der Waals surface area contributed by atoms with Gasteiger partial charge < -0.3 is 0 Å². The second kappa shape index (κ2) is 10.5. The largest absolute Gasteiger partial charge is 0.272 e. The van der Waals surface area contributed by atoms with Gasteiger partial charge in [0.2, 0.25) is 0 Å². The number of hydrogen-bond donors (Lipinski definition) is 2. The van der Waals surface area contributed by atoms with Gasteiger partial charge in [0, 0.05) is 11.4 Å². The quantitative estimate of drug-likeness (QED) is 0.393. The zero-order chi connectivity index (χ0) is 19.0. The Labute approximate surface area is 159 Å². The van der Waals surface area contributed by atoms with Crippen molar-refractivity contribution >= 4 is 58.1 Å². The van der Waals surface area contributed by atoms with Crippen LogP contribution in [0.25, 0.3) is 0 Å². The van der Waals surface area contributed by atoms with Crippen LogP contribution in [0, 0.1) is 0 Å². The summed E-state index contributed by atoms with van der Waals surface area (Å²) in [6.45, 7) is 10.8. The van der Waals surface area contributed by atoms with E-state index < -0.39 is 0 Å². The zero-order valence-corrected chi connectivity index (χ0v) is 17.4. The molecule has 0 aliphatic heterocycles. The van der Waals surface area contributed by atoms with Crippen LogP contribution >= 0.6 is 34.9 Å². The number of thioether (sulfide) groups is 2. The summed E-state index contributed by atoms with van der Waals surface area (Å²) < 4.78 is 1.33. The van der Waals surface area contributed by atoms with Crippen LogP contribution in [0.5, 0.6) is 0 Å². The third-order valence-corrected chi connectivity index (χ3v) is 5.75. The van der Waals surface area contributed by atoms with Crippen LogP contribution in [-0.4, -0.2) is 43.9 Å². The normalized spacial score (nSPS) is 12.7. The van der Waals surface area contributed by atoms with Crippen molar-refractivity contribution in [2.24, 2.45) is 10.2 Å². The maximum absolute atomic E-state index is 11.9. The topological polar surface area (TPSA) is 109 Å². The highest BCUT2D eigenvalue weighted by Crippen LogP contribution is 2.33. The molecule has 1 aromatic heterocycles. The summed E-state index contributed by atoms with van der Waals surface area (Å²) in [4.78, 5) is 23.8. The smallest absolute Gasteiger partial charge is 0.253 e. The number of carbonyl (C=O) groups excluding carboxylic acids is 2. The highest BCUT2D eigenvalue weighted by molar-refractivity contribution is 8.04. The molecule has 0 aromatic carbocycles. The van der Waals surface area contributed by atoms with Crippen LogP contribution in [0.2, 0.25) is 0 Å². The number of rotatable bonds is 8. The molecule has 0 unspecified atom stereocenters. The second-order valence-electron chi connectivity index (χ2n) is 5.42. The minimum atomic E-state index is -0.350. The van der Waals surface area contributed by atoms with Crippen molar-refractivity contribution in [1.82, 2.24) is 21.0 Å². The van der Waals surface area contributed by atoms with Gasteiger partial charge in [0.05, 0.1) is 10.5 Å². The molecule has 0 aliphatic carbocycles. The predicted octanol–water partition coefficient (Wildman–Crippen LogP) is 2.52. The molecule has 1 aromatic rings. The maximum Gasteiger partial charge on any atom is 0.253 e. The monoisotopic (exact) mass is 402 g/mol. The zero-order valence-electron chi connectivity index (χ0n) is 15.0. The number of hydrogen-bond acceptors (Lipinski definition) is 9. The van der Waals surface area contributed by atoms with Gasteiger partial charge in [-0.3, -0.25) is 9.59 Å². The van der Waals surface area contributed by atoms with Gasteiger partial charge in [0.25, 0.3) is 11.8 Å². The van der Waals surface area contributed by atoms with E-state index in [-0.39, 0.29) is 22.3 Å². The molecule has 1 rings (SSSR count). The van der Waals surface area contributed by atoms with Gasteiger partial charge in [-0.2, -0.15) is 10.2 Å². The molecule has 0 radical (unpaired) electrons. The summed E-state index contributed by atoms with van der Waals surface area (Å²) in [6, 6.07) is 0. The van der Waals surface area contributed by atoms with Crippen molar-refractivity contribution in [1.29, 1.82) is 0 Å². The predicted molar refractivity (Wildman–Crippen MR) is 104 cm³/mol. The minimum Gasteiger partial charge on any atom is -0.272 e. The molecule has 0 spiro atoms. The summed E-state index contributed by atoms with van der Waals surface area (Å²) in [5.74, 6) is -0.396. The first-order valence-corrected chi connectivity index (χ1v) is 10.0. The Morgan fingerprint density at radius 2 is 1.24 bits per heavy atom. The minimum absolute atomic E-state index is 0.198. The first kappa shape index (κ1) is 21.6. The Hall–Kier alpha value is -1.46. The number of aromatic nitrogens is 2. The van der Waals surface area contributed by atoms with Crippen molar-refractivity contribution in [3.05, 3.63) is 0 Å². The molecule has 0 fully saturated rings. The van der Waals surface area contributed by atoms with Crippen LogP contribution in [0.3, 0.4) is 0 Å². The lowest BCUT2D eigenvalue weighted by Gasteiger charge is -2.07. The fraction of sp³-hybridized carbons (Fsp3) is 0.571. The third kappa shape index (κ3) is 8.45. The number of hydrazone groups is 2. The van der Waals surface area contributed by atoms with Gasteiger partial charge in [-0.1, -0.05) is 34.9 Å². The van der Waals surface area contributed by atoms with Crippen molar-refractivity contribution in [2.45, 2.75) is 60.7 Å². The van der Waals surface area contributed by atoms with Gasteiger partial charge in [-0.25, -0.2) is 10.9 Å². The van der Waals surface area contributed by atoms with Crippen LogP contribution < -0.4 is 10.9 Å². The van der Waals surface area contributed by atoms with Gasteiger partial charge in [0.1, 0.15) is 0 Å². The molecule has 0 saturated carbocycles. The summed E-state index contributed by atoms with van der Waals surface area (Å²) >= 11 is 3.95. The Kier molecular flexibility index (Phi) is 9.08. The maximum atomic E-state index is 11.9. The van der Waals surface area contributed by atoms with Crippen LogP contribution in [0.4, 0.5) is 0 Å². The average Bonchev–Trinajstić information content (AvgIpc) is 2.96. The molecule has 0 bridgehead atoms. The second-order valence-corrected chi connectivity index (χ2v) is 9.58. The Morgan fingerprint density at radius 1 is 0.880 bits per heavy atom. The van der Waals surface area contributed by atoms with Crippen LogP contribution in [0.15, 0.2) is 18.9 Å². The number of carbonyl (C=O) groups is 2. The van der Waals surface area contributed by atoms with Gasteiger partial charge in [0.15, 0.2) is 8.68 Å². The molecule has 2 atom stereocenters. The highest BCUT2D eigenvalue weighted by atomic mass is 32.2. The van der Waals surface area contributed by atoms with Crippen molar-refractivity contribution in [3.8, 4) is 0 Å². The van der Waals surface area contributed by atoms with Crippen molar-refractivity contribution < 1.29 is 9.59 Å². The van der Waals surface area contributed by atoms with E-state index in [9.17, 15) is 9.59 Å².